The second-order valence-corrected chi connectivity index (χ2v) is 5.60. The zero-order valence-electron chi connectivity index (χ0n) is 8.14. The minimum absolute atomic E-state index is 0.0780. The van der Waals surface area contributed by atoms with Crippen molar-refractivity contribution in [3.63, 3.8) is 0 Å². The minimum atomic E-state index is -0.0780. The summed E-state index contributed by atoms with van der Waals surface area (Å²) in [6.45, 7) is 4.40. The third-order valence-corrected chi connectivity index (χ3v) is 4.34. The predicted molar refractivity (Wildman–Crippen MR) is 56.6 cm³/mol. The van der Waals surface area contributed by atoms with Crippen LogP contribution in [0.4, 0.5) is 0 Å². The van der Waals surface area contributed by atoms with Gasteiger partial charge in [0.15, 0.2) is 5.78 Å². The van der Waals surface area contributed by atoms with Crippen molar-refractivity contribution in [2.45, 2.75) is 33.1 Å². The maximum absolute atomic E-state index is 11.9. The first-order valence-corrected chi connectivity index (χ1v) is 5.75. The number of allylic oxidation sites excluding steroid dienone is 2. The fourth-order valence-electron chi connectivity index (χ4n) is 2.60. The first-order chi connectivity index (χ1) is 6.04. The van der Waals surface area contributed by atoms with E-state index in [0.29, 0.717) is 11.7 Å². The zero-order chi connectivity index (χ0) is 9.64. The van der Waals surface area contributed by atoms with Crippen LogP contribution in [0.3, 0.4) is 0 Å². The summed E-state index contributed by atoms with van der Waals surface area (Å²) >= 11 is 3.36. The van der Waals surface area contributed by atoms with Gasteiger partial charge in [-0.15, -0.1) is 0 Å². The Morgan fingerprint density at radius 3 is 3.00 bits per heavy atom. The molecule has 0 aromatic rings. The van der Waals surface area contributed by atoms with Crippen molar-refractivity contribution in [2.24, 2.45) is 17.3 Å². The molecule has 0 spiro atoms. The number of hydrogen-bond acceptors (Lipinski definition) is 1. The lowest BCUT2D eigenvalue weighted by atomic mass is 9.66. The summed E-state index contributed by atoms with van der Waals surface area (Å²) in [5, 5.41) is 0. The van der Waals surface area contributed by atoms with E-state index >= 15 is 0 Å². The molecule has 72 valence electrons. The van der Waals surface area contributed by atoms with E-state index in [2.05, 4.69) is 35.9 Å². The van der Waals surface area contributed by atoms with Crippen LogP contribution in [0.1, 0.15) is 33.1 Å². The average molecular weight is 243 g/mol. The van der Waals surface area contributed by atoms with Crippen LogP contribution in [0.5, 0.6) is 0 Å². The molecule has 1 nitrogen and oxygen atoms in total. The molecule has 1 saturated carbocycles. The Morgan fingerprint density at radius 2 is 2.31 bits per heavy atom. The van der Waals surface area contributed by atoms with Crippen LogP contribution in [0.15, 0.2) is 10.6 Å². The second-order valence-electron chi connectivity index (χ2n) is 4.75. The Bertz CT molecular complexity index is 282. The lowest BCUT2D eigenvalue weighted by Crippen LogP contribution is -2.35. The molecule has 2 rings (SSSR count). The molecular weight excluding hydrogens is 228 g/mol. The van der Waals surface area contributed by atoms with Gasteiger partial charge in [-0.05, 0) is 47.0 Å². The van der Waals surface area contributed by atoms with Crippen molar-refractivity contribution >= 4 is 21.7 Å². The van der Waals surface area contributed by atoms with Gasteiger partial charge in [0.1, 0.15) is 0 Å². The van der Waals surface area contributed by atoms with Gasteiger partial charge in [0.05, 0.1) is 4.48 Å². The quantitative estimate of drug-likeness (QED) is 0.638. The summed E-state index contributed by atoms with van der Waals surface area (Å²) in [7, 11) is 0. The summed E-state index contributed by atoms with van der Waals surface area (Å²) in [6.07, 6.45) is 5.56. The average Bonchev–Trinajstić information content (AvgIpc) is 2.29. The molecule has 3 atom stereocenters. The van der Waals surface area contributed by atoms with Gasteiger partial charge in [-0.3, -0.25) is 4.79 Å². The Morgan fingerprint density at radius 1 is 1.62 bits per heavy atom. The molecule has 2 heteroatoms. The highest BCUT2D eigenvalue weighted by Crippen LogP contribution is 2.51. The molecular formula is C11H15BrO. The topological polar surface area (TPSA) is 17.1 Å². The van der Waals surface area contributed by atoms with E-state index in [1.54, 1.807) is 0 Å². The molecule has 0 aliphatic heterocycles. The van der Waals surface area contributed by atoms with E-state index in [1.165, 1.54) is 12.8 Å². The van der Waals surface area contributed by atoms with Crippen LogP contribution in [-0.2, 0) is 4.79 Å². The Hall–Kier alpha value is -0.110. The first kappa shape index (κ1) is 9.45. The molecule has 0 heterocycles. The lowest BCUT2D eigenvalue weighted by molar-refractivity contribution is -0.125. The lowest BCUT2D eigenvalue weighted by Gasteiger charge is -2.37. The molecule has 2 aliphatic rings. The largest absolute Gasteiger partial charge is 0.293 e. The minimum Gasteiger partial charge on any atom is -0.293 e. The fraction of sp³-hybridized carbons (Fsp3) is 0.727. The number of hydrogen-bond donors (Lipinski definition) is 0. The van der Waals surface area contributed by atoms with Crippen molar-refractivity contribution in [3.8, 4) is 0 Å². The molecule has 2 aliphatic carbocycles. The van der Waals surface area contributed by atoms with Crippen molar-refractivity contribution in [2.75, 3.05) is 0 Å². The van der Waals surface area contributed by atoms with Crippen LogP contribution in [-0.4, -0.2) is 5.78 Å². The number of carbonyl (C=O) groups is 1. The van der Waals surface area contributed by atoms with Gasteiger partial charge < -0.3 is 0 Å². The van der Waals surface area contributed by atoms with Gasteiger partial charge in [-0.1, -0.05) is 19.9 Å². The predicted octanol–water partition coefficient (Wildman–Crippen LogP) is 3.29. The second kappa shape index (κ2) is 2.94. The van der Waals surface area contributed by atoms with E-state index in [-0.39, 0.29) is 5.41 Å². The van der Waals surface area contributed by atoms with Crippen LogP contribution < -0.4 is 0 Å². The highest BCUT2D eigenvalue weighted by atomic mass is 79.9. The van der Waals surface area contributed by atoms with E-state index in [0.717, 1.165) is 16.8 Å². The SMILES string of the molecule is C[C@@H]1CC[C@]2(C)C(=O)C(Br)=C[C@@H]2C1. The van der Waals surface area contributed by atoms with Crippen molar-refractivity contribution in [1.29, 1.82) is 0 Å². The Labute approximate surface area is 87.7 Å². The molecule has 0 aromatic heterocycles. The summed E-state index contributed by atoms with van der Waals surface area (Å²) in [5.41, 5.74) is -0.0780. The number of carbonyl (C=O) groups excluding carboxylic acids is 1. The van der Waals surface area contributed by atoms with Gasteiger partial charge in [-0.2, -0.15) is 0 Å². The third-order valence-electron chi connectivity index (χ3n) is 3.71. The standard InChI is InChI=1S/C11H15BrO/c1-7-3-4-11(2)8(5-7)6-9(12)10(11)13/h6-8H,3-5H2,1-2H3/t7-,8+,11+/m1/s1. The number of rotatable bonds is 0. The molecule has 0 unspecified atom stereocenters. The molecule has 13 heavy (non-hydrogen) atoms. The van der Waals surface area contributed by atoms with Crippen molar-refractivity contribution in [3.05, 3.63) is 10.6 Å². The summed E-state index contributed by atoms with van der Waals surface area (Å²) in [4.78, 5) is 11.9. The first-order valence-electron chi connectivity index (χ1n) is 4.96. The third kappa shape index (κ3) is 1.30. The maximum atomic E-state index is 11.9. The van der Waals surface area contributed by atoms with Gasteiger partial charge >= 0.3 is 0 Å². The monoisotopic (exact) mass is 242 g/mol. The number of fused-ring (bicyclic) bond motifs is 1. The number of halogens is 1. The molecule has 0 N–H and O–H groups in total. The van der Waals surface area contributed by atoms with Crippen LogP contribution in [0.2, 0.25) is 0 Å². The van der Waals surface area contributed by atoms with Gasteiger partial charge in [0.25, 0.3) is 0 Å². The van der Waals surface area contributed by atoms with E-state index in [1.807, 2.05) is 0 Å². The maximum Gasteiger partial charge on any atom is 0.175 e. The summed E-state index contributed by atoms with van der Waals surface area (Å²) < 4.78 is 0.814. The highest BCUT2D eigenvalue weighted by Gasteiger charge is 2.48. The van der Waals surface area contributed by atoms with Gasteiger partial charge in [0.2, 0.25) is 0 Å². The van der Waals surface area contributed by atoms with Crippen LogP contribution in [0.25, 0.3) is 0 Å². The molecule has 0 bridgehead atoms. The molecule has 0 saturated heterocycles. The molecule has 0 radical (unpaired) electrons. The summed E-state index contributed by atoms with van der Waals surface area (Å²) in [5.74, 6) is 1.59. The van der Waals surface area contributed by atoms with E-state index < -0.39 is 0 Å². The number of ketones is 1. The van der Waals surface area contributed by atoms with E-state index in [4.69, 9.17) is 0 Å². The highest BCUT2D eigenvalue weighted by molar-refractivity contribution is 9.12. The molecule has 0 amide bonds. The summed E-state index contributed by atoms with van der Waals surface area (Å²) in [6, 6.07) is 0. The van der Waals surface area contributed by atoms with Crippen LogP contribution in [0, 0.1) is 17.3 Å². The zero-order valence-corrected chi connectivity index (χ0v) is 9.73. The molecule has 1 fully saturated rings. The number of Topliss-reactive ketones (excluding diaryl/α,β-unsaturated/α-hetero) is 1. The van der Waals surface area contributed by atoms with Gasteiger partial charge in [0, 0.05) is 5.41 Å². The Balaban J connectivity index is 2.29. The molecule has 0 aromatic carbocycles. The Kier molecular flexibility index (Phi) is 2.14. The fourth-order valence-corrected chi connectivity index (χ4v) is 3.37. The smallest absolute Gasteiger partial charge is 0.175 e. The van der Waals surface area contributed by atoms with Crippen molar-refractivity contribution in [1.82, 2.24) is 0 Å². The van der Waals surface area contributed by atoms with Crippen LogP contribution >= 0.6 is 15.9 Å². The van der Waals surface area contributed by atoms with Gasteiger partial charge in [-0.25, -0.2) is 0 Å². The van der Waals surface area contributed by atoms with Crippen molar-refractivity contribution < 1.29 is 4.79 Å². The van der Waals surface area contributed by atoms with E-state index in [9.17, 15) is 4.79 Å². The normalized spacial score (nSPS) is 44.5.